The van der Waals surface area contributed by atoms with Gasteiger partial charge < -0.3 is 14.6 Å². The van der Waals surface area contributed by atoms with Crippen LogP contribution in [0.25, 0.3) is 0 Å². The second kappa shape index (κ2) is 8.51. The molecule has 4 heteroatoms. The average Bonchev–Trinajstić information content (AvgIpc) is 2.37. The van der Waals surface area contributed by atoms with Crippen LogP contribution in [-0.4, -0.2) is 12.6 Å². The summed E-state index contributed by atoms with van der Waals surface area (Å²) in [6, 6.07) is 3.70. The molecule has 0 N–H and O–H groups in total. The Balaban J connectivity index is 2.26. The minimum Gasteiger partial charge on any atom is -0.545 e. The maximum atomic E-state index is 13.3. The molecule has 3 nitrogen and oxygen atoms in total. The molecule has 1 aromatic carbocycles. The van der Waals surface area contributed by atoms with Crippen molar-refractivity contribution in [2.45, 2.75) is 45.4 Å². The van der Waals surface area contributed by atoms with Gasteiger partial charge in [0.15, 0.2) is 0 Å². The second-order valence-corrected chi connectivity index (χ2v) is 4.55. The first-order valence-corrected chi connectivity index (χ1v) is 6.79. The summed E-state index contributed by atoms with van der Waals surface area (Å²) in [6.45, 7) is 2.70. The van der Waals surface area contributed by atoms with Crippen molar-refractivity contribution in [3.05, 3.63) is 29.6 Å². The summed E-state index contributed by atoms with van der Waals surface area (Å²) in [4.78, 5) is 10.5. The number of carboxylic acid groups (broad SMARTS) is 1. The Labute approximate surface area is 113 Å². The van der Waals surface area contributed by atoms with E-state index in [1.165, 1.54) is 37.8 Å². The zero-order valence-electron chi connectivity index (χ0n) is 11.3. The number of halogens is 1. The van der Waals surface area contributed by atoms with Crippen molar-refractivity contribution in [3.63, 3.8) is 0 Å². The summed E-state index contributed by atoms with van der Waals surface area (Å²) >= 11 is 0. The lowest BCUT2D eigenvalue weighted by Gasteiger charge is -2.09. The van der Waals surface area contributed by atoms with Gasteiger partial charge in [0, 0.05) is 11.6 Å². The van der Waals surface area contributed by atoms with Crippen LogP contribution in [0.15, 0.2) is 18.2 Å². The van der Waals surface area contributed by atoms with Crippen molar-refractivity contribution in [2.75, 3.05) is 6.61 Å². The van der Waals surface area contributed by atoms with Crippen molar-refractivity contribution in [2.24, 2.45) is 0 Å². The van der Waals surface area contributed by atoms with Gasteiger partial charge in [-0.2, -0.15) is 0 Å². The van der Waals surface area contributed by atoms with E-state index in [2.05, 4.69) is 6.92 Å². The normalized spacial score (nSPS) is 10.4. The number of benzene rings is 1. The highest BCUT2D eigenvalue weighted by molar-refractivity contribution is 5.86. The molecule has 0 bridgehead atoms. The maximum absolute atomic E-state index is 13.3. The Kier molecular flexibility index (Phi) is 6.93. The zero-order chi connectivity index (χ0) is 14.1. The molecule has 0 aromatic heterocycles. The van der Waals surface area contributed by atoms with Crippen LogP contribution in [0.4, 0.5) is 4.39 Å². The fraction of sp³-hybridized carbons (Fsp3) is 0.533. The predicted octanol–water partition coefficient (Wildman–Crippen LogP) is 2.93. The quantitative estimate of drug-likeness (QED) is 0.646. The third-order valence-electron chi connectivity index (χ3n) is 2.93. The lowest BCUT2D eigenvalue weighted by Crippen LogP contribution is -2.23. The fourth-order valence-corrected chi connectivity index (χ4v) is 1.82. The van der Waals surface area contributed by atoms with Crippen molar-refractivity contribution in [1.29, 1.82) is 0 Å². The molecule has 0 radical (unpaired) electrons. The summed E-state index contributed by atoms with van der Waals surface area (Å²) in [5.41, 5.74) is -0.438. The first kappa shape index (κ1) is 15.5. The van der Waals surface area contributed by atoms with Gasteiger partial charge in [-0.05, 0) is 18.6 Å². The highest BCUT2D eigenvalue weighted by Gasteiger charge is 2.04. The summed E-state index contributed by atoms with van der Waals surface area (Å²) in [6.07, 6.45) is 6.94. The van der Waals surface area contributed by atoms with Crippen LogP contribution in [0.5, 0.6) is 5.75 Å². The number of ether oxygens (including phenoxy) is 1. The molecule has 0 aliphatic rings. The lowest BCUT2D eigenvalue weighted by molar-refractivity contribution is -0.255. The van der Waals surface area contributed by atoms with Crippen LogP contribution in [0, 0.1) is 5.82 Å². The van der Waals surface area contributed by atoms with E-state index in [1.54, 1.807) is 0 Å². The minimum atomic E-state index is -1.51. The predicted molar refractivity (Wildman–Crippen MR) is 69.6 cm³/mol. The van der Waals surface area contributed by atoms with E-state index in [9.17, 15) is 14.3 Å². The van der Waals surface area contributed by atoms with E-state index in [4.69, 9.17) is 4.74 Å². The molecule has 0 unspecified atom stereocenters. The number of rotatable bonds is 9. The van der Waals surface area contributed by atoms with E-state index >= 15 is 0 Å². The van der Waals surface area contributed by atoms with Crippen molar-refractivity contribution in [3.8, 4) is 5.75 Å². The number of carbonyl (C=O) groups excluding carboxylic acids is 1. The minimum absolute atomic E-state index is 0.357. The Morgan fingerprint density at radius 1 is 1.21 bits per heavy atom. The number of hydrogen-bond donors (Lipinski definition) is 0. The van der Waals surface area contributed by atoms with Crippen LogP contribution >= 0.6 is 0 Å². The van der Waals surface area contributed by atoms with E-state index < -0.39 is 17.3 Å². The molecule has 0 amide bonds. The van der Waals surface area contributed by atoms with Gasteiger partial charge in [-0.1, -0.05) is 39.0 Å². The molecule has 19 heavy (non-hydrogen) atoms. The Morgan fingerprint density at radius 2 is 1.89 bits per heavy atom. The first-order valence-electron chi connectivity index (χ1n) is 6.79. The van der Waals surface area contributed by atoms with Gasteiger partial charge >= 0.3 is 0 Å². The van der Waals surface area contributed by atoms with Crippen LogP contribution < -0.4 is 9.84 Å². The number of aromatic carboxylic acids is 1. The maximum Gasteiger partial charge on any atom is 0.135 e. The SMILES string of the molecule is CCCCCCCCOc1ccc(C(=O)[O-])c(F)c1. The van der Waals surface area contributed by atoms with Gasteiger partial charge in [0.1, 0.15) is 11.6 Å². The number of carboxylic acids is 1. The Morgan fingerprint density at radius 3 is 2.53 bits per heavy atom. The van der Waals surface area contributed by atoms with Crippen molar-refractivity contribution in [1.82, 2.24) is 0 Å². The highest BCUT2D eigenvalue weighted by Crippen LogP contribution is 2.16. The van der Waals surface area contributed by atoms with Gasteiger partial charge in [0.2, 0.25) is 0 Å². The van der Waals surface area contributed by atoms with Crippen molar-refractivity contribution < 1.29 is 19.0 Å². The van der Waals surface area contributed by atoms with Gasteiger partial charge in [-0.3, -0.25) is 0 Å². The average molecular weight is 267 g/mol. The summed E-state index contributed by atoms with van der Waals surface area (Å²) in [5.74, 6) is -1.98. The number of carbonyl (C=O) groups is 1. The molecule has 1 aromatic rings. The second-order valence-electron chi connectivity index (χ2n) is 4.55. The van der Waals surface area contributed by atoms with Gasteiger partial charge in [-0.15, -0.1) is 0 Å². The Hall–Kier alpha value is -1.58. The molecule has 0 spiro atoms. The molecule has 106 valence electrons. The van der Waals surface area contributed by atoms with Crippen LogP contribution in [0.3, 0.4) is 0 Å². The first-order chi connectivity index (χ1) is 9.15. The monoisotopic (exact) mass is 267 g/mol. The Bertz CT molecular complexity index is 404. The van der Waals surface area contributed by atoms with E-state index in [0.29, 0.717) is 12.4 Å². The molecule has 0 aliphatic heterocycles. The van der Waals surface area contributed by atoms with Gasteiger partial charge in [0.05, 0.1) is 12.6 Å². The molecule has 0 heterocycles. The van der Waals surface area contributed by atoms with E-state index in [0.717, 1.165) is 18.9 Å². The van der Waals surface area contributed by atoms with E-state index in [-0.39, 0.29) is 0 Å². The van der Waals surface area contributed by atoms with Gasteiger partial charge in [-0.25, -0.2) is 4.39 Å². The highest BCUT2D eigenvalue weighted by atomic mass is 19.1. The van der Waals surface area contributed by atoms with Crippen LogP contribution in [0.2, 0.25) is 0 Å². The van der Waals surface area contributed by atoms with Gasteiger partial charge in [0.25, 0.3) is 0 Å². The molecule has 0 aliphatic carbocycles. The molecule has 0 atom stereocenters. The topological polar surface area (TPSA) is 49.4 Å². The standard InChI is InChI=1S/C15H21FO3/c1-2-3-4-5-6-7-10-19-12-8-9-13(15(17)18)14(16)11-12/h8-9,11H,2-7,10H2,1H3,(H,17,18)/p-1. The molecule has 0 saturated heterocycles. The van der Waals surface area contributed by atoms with Crippen LogP contribution in [-0.2, 0) is 0 Å². The fourth-order valence-electron chi connectivity index (χ4n) is 1.82. The number of unbranched alkanes of at least 4 members (excludes halogenated alkanes) is 5. The summed E-state index contributed by atoms with van der Waals surface area (Å²) in [5, 5.41) is 10.5. The molecule has 1 rings (SSSR count). The third kappa shape index (κ3) is 5.73. The molecular formula is C15H20FO3-. The molecule has 0 saturated carbocycles. The summed E-state index contributed by atoms with van der Waals surface area (Å²) < 4.78 is 18.7. The van der Waals surface area contributed by atoms with E-state index in [1.807, 2.05) is 0 Å². The number of hydrogen-bond acceptors (Lipinski definition) is 3. The smallest absolute Gasteiger partial charge is 0.135 e. The third-order valence-corrected chi connectivity index (χ3v) is 2.93. The summed E-state index contributed by atoms with van der Waals surface area (Å²) in [7, 11) is 0. The molecule has 0 fully saturated rings. The molecular weight excluding hydrogens is 247 g/mol. The van der Waals surface area contributed by atoms with Crippen LogP contribution in [0.1, 0.15) is 55.8 Å². The lowest BCUT2D eigenvalue weighted by atomic mass is 10.1. The zero-order valence-corrected chi connectivity index (χ0v) is 11.3. The van der Waals surface area contributed by atoms with Crippen molar-refractivity contribution >= 4 is 5.97 Å². The largest absolute Gasteiger partial charge is 0.545 e.